The second kappa shape index (κ2) is 9.43. The van der Waals surface area contributed by atoms with Crippen LogP contribution in [0.1, 0.15) is 12.5 Å². The Morgan fingerprint density at radius 1 is 0.935 bits per heavy atom. The minimum atomic E-state index is -3.48. The van der Waals surface area contributed by atoms with Gasteiger partial charge in [0.05, 0.1) is 17.3 Å². The molecule has 0 aliphatic carbocycles. The summed E-state index contributed by atoms with van der Waals surface area (Å²) in [6, 6.07) is 23.8. The van der Waals surface area contributed by atoms with Gasteiger partial charge >= 0.3 is 0 Å². The Morgan fingerprint density at radius 2 is 1.52 bits per heavy atom. The summed E-state index contributed by atoms with van der Waals surface area (Å²) in [6.45, 7) is 0.908. The molecule has 0 aromatic heterocycles. The molecule has 4 N–H and O–H groups in total. The summed E-state index contributed by atoms with van der Waals surface area (Å²) >= 11 is 0. The Bertz CT molecular complexity index is 1120. The quantitative estimate of drug-likeness (QED) is 0.501. The van der Waals surface area contributed by atoms with Gasteiger partial charge in [-0.2, -0.15) is 0 Å². The van der Waals surface area contributed by atoms with Crippen molar-refractivity contribution in [1.82, 2.24) is 0 Å². The first-order valence-electron chi connectivity index (χ1n) is 9.90. The van der Waals surface area contributed by atoms with Crippen molar-refractivity contribution < 1.29 is 18.3 Å². The van der Waals surface area contributed by atoms with Crippen LogP contribution in [0.5, 0.6) is 0 Å². The number of rotatable bonds is 8. The van der Waals surface area contributed by atoms with Crippen LogP contribution in [0.15, 0.2) is 83.8 Å². The number of hydrogen-bond donors (Lipinski definition) is 3. The standard InChI is InChI=1S/C24H26N2O4S/c1-24(25,17-27)23(28)26-21-11-13-22(14-12-21)31(29,30)16-15-18-7-9-20(10-8-18)19-5-3-2-4-6-19/h2-14,27H,15-17,25H2,1H3,(H,26,28)/t24-/m0/s1. The Hall–Kier alpha value is -3.00. The number of benzene rings is 3. The Balaban J connectivity index is 1.62. The first-order chi connectivity index (χ1) is 14.7. The monoisotopic (exact) mass is 438 g/mol. The molecule has 0 aliphatic heterocycles. The summed E-state index contributed by atoms with van der Waals surface area (Å²) in [5, 5.41) is 11.7. The number of hydrogen-bond acceptors (Lipinski definition) is 5. The van der Waals surface area contributed by atoms with Crippen LogP contribution in [0, 0.1) is 0 Å². The number of nitrogens with two attached hydrogens (primary N) is 1. The van der Waals surface area contributed by atoms with E-state index in [1.54, 1.807) is 0 Å². The highest BCUT2D eigenvalue weighted by Gasteiger charge is 2.27. The van der Waals surface area contributed by atoms with Gasteiger partial charge in [0.15, 0.2) is 9.84 Å². The van der Waals surface area contributed by atoms with Gasteiger partial charge in [0.1, 0.15) is 5.54 Å². The van der Waals surface area contributed by atoms with Crippen molar-refractivity contribution in [3.63, 3.8) is 0 Å². The second-order valence-corrected chi connectivity index (χ2v) is 9.80. The highest BCUT2D eigenvalue weighted by molar-refractivity contribution is 7.91. The Morgan fingerprint density at radius 3 is 2.10 bits per heavy atom. The van der Waals surface area contributed by atoms with Crippen molar-refractivity contribution >= 4 is 21.4 Å². The average molecular weight is 439 g/mol. The van der Waals surface area contributed by atoms with Crippen molar-refractivity contribution in [2.24, 2.45) is 5.73 Å². The van der Waals surface area contributed by atoms with Gasteiger partial charge in [0.25, 0.3) is 0 Å². The molecule has 0 unspecified atom stereocenters. The normalized spacial score (nSPS) is 13.4. The van der Waals surface area contributed by atoms with Crippen molar-refractivity contribution in [3.8, 4) is 11.1 Å². The van der Waals surface area contributed by atoms with E-state index in [2.05, 4.69) is 5.32 Å². The number of carbonyl (C=O) groups excluding carboxylic acids is 1. The van der Waals surface area contributed by atoms with Crippen molar-refractivity contribution in [2.45, 2.75) is 23.8 Å². The van der Waals surface area contributed by atoms with Crippen LogP contribution in [0.4, 0.5) is 5.69 Å². The van der Waals surface area contributed by atoms with Crippen LogP contribution in [-0.2, 0) is 21.1 Å². The van der Waals surface area contributed by atoms with Crippen LogP contribution >= 0.6 is 0 Å². The summed E-state index contributed by atoms with van der Waals surface area (Å²) in [4.78, 5) is 12.2. The van der Waals surface area contributed by atoms with E-state index in [4.69, 9.17) is 10.8 Å². The average Bonchev–Trinajstić information content (AvgIpc) is 2.79. The summed E-state index contributed by atoms with van der Waals surface area (Å²) in [5.74, 6) is -0.570. The highest BCUT2D eigenvalue weighted by Crippen LogP contribution is 2.21. The molecule has 1 amide bonds. The third-order valence-electron chi connectivity index (χ3n) is 5.04. The van der Waals surface area contributed by atoms with Crippen LogP contribution < -0.4 is 11.1 Å². The predicted molar refractivity (Wildman–Crippen MR) is 122 cm³/mol. The molecule has 0 radical (unpaired) electrons. The van der Waals surface area contributed by atoms with Gasteiger partial charge in [-0.1, -0.05) is 54.6 Å². The number of sulfone groups is 1. The van der Waals surface area contributed by atoms with E-state index in [1.807, 2.05) is 54.6 Å². The number of aliphatic hydroxyl groups excluding tert-OH is 1. The van der Waals surface area contributed by atoms with Gasteiger partial charge in [-0.3, -0.25) is 4.79 Å². The number of aryl methyl sites for hydroxylation is 1. The fraction of sp³-hybridized carbons (Fsp3) is 0.208. The van der Waals surface area contributed by atoms with Gasteiger partial charge in [-0.15, -0.1) is 0 Å². The zero-order valence-corrected chi connectivity index (χ0v) is 18.1. The third kappa shape index (κ3) is 5.79. The van der Waals surface area contributed by atoms with E-state index >= 15 is 0 Å². The molecule has 7 heteroatoms. The lowest BCUT2D eigenvalue weighted by atomic mass is 10.0. The summed E-state index contributed by atoms with van der Waals surface area (Å²) in [7, 11) is -3.48. The van der Waals surface area contributed by atoms with E-state index in [-0.39, 0.29) is 10.6 Å². The third-order valence-corrected chi connectivity index (χ3v) is 6.77. The van der Waals surface area contributed by atoms with Crippen LogP contribution in [0.2, 0.25) is 0 Å². The molecular formula is C24H26N2O4S. The smallest absolute Gasteiger partial charge is 0.246 e. The first-order valence-corrected chi connectivity index (χ1v) is 11.5. The van der Waals surface area contributed by atoms with Gasteiger partial charge in [0, 0.05) is 5.69 Å². The largest absolute Gasteiger partial charge is 0.394 e. The SMILES string of the molecule is C[C@](N)(CO)C(=O)Nc1ccc(S(=O)(=O)CCc2ccc(-c3ccccc3)cc2)cc1. The molecule has 0 saturated heterocycles. The fourth-order valence-electron chi connectivity index (χ4n) is 2.96. The zero-order valence-electron chi connectivity index (χ0n) is 17.3. The molecule has 0 bridgehead atoms. The molecule has 0 spiro atoms. The molecular weight excluding hydrogens is 412 g/mol. The van der Waals surface area contributed by atoms with E-state index < -0.39 is 27.9 Å². The van der Waals surface area contributed by atoms with E-state index in [0.29, 0.717) is 12.1 Å². The summed E-state index contributed by atoms with van der Waals surface area (Å²) < 4.78 is 25.4. The maximum Gasteiger partial charge on any atom is 0.246 e. The maximum absolute atomic E-state index is 12.7. The summed E-state index contributed by atoms with van der Waals surface area (Å²) in [5.41, 5.74) is 7.82. The molecule has 31 heavy (non-hydrogen) atoms. The fourth-order valence-corrected chi connectivity index (χ4v) is 4.25. The second-order valence-electron chi connectivity index (χ2n) is 7.69. The zero-order chi connectivity index (χ0) is 22.5. The van der Waals surface area contributed by atoms with Crippen LogP contribution in [-0.4, -0.2) is 37.3 Å². The van der Waals surface area contributed by atoms with E-state index in [1.165, 1.54) is 31.2 Å². The lowest BCUT2D eigenvalue weighted by Gasteiger charge is -2.20. The van der Waals surface area contributed by atoms with E-state index in [9.17, 15) is 13.2 Å². The van der Waals surface area contributed by atoms with Gasteiger partial charge in [-0.05, 0) is 54.3 Å². The van der Waals surface area contributed by atoms with Gasteiger partial charge in [0.2, 0.25) is 5.91 Å². The molecule has 3 aromatic rings. The van der Waals surface area contributed by atoms with Crippen molar-refractivity contribution in [2.75, 3.05) is 17.7 Å². The van der Waals surface area contributed by atoms with Crippen molar-refractivity contribution in [3.05, 3.63) is 84.4 Å². The lowest BCUT2D eigenvalue weighted by molar-refractivity contribution is -0.121. The molecule has 0 heterocycles. The van der Waals surface area contributed by atoms with Gasteiger partial charge in [-0.25, -0.2) is 8.42 Å². The molecule has 0 fully saturated rings. The number of amides is 1. The highest BCUT2D eigenvalue weighted by atomic mass is 32.2. The number of aliphatic hydroxyl groups is 1. The summed E-state index contributed by atoms with van der Waals surface area (Å²) in [6.07, 6.45) is 0.401. The number of nitrogens with one attached hydrogen (secondary N) is 1. The maximum atomic E-state index is 12.7. The number of carbonyl (C=O) groups is 1. The Kier molecular flexibility index (Phi) is 6.90. The molecule has 1 atom stereocenters. The minimum Gasteiger partial charge on any atom is -0.394 e. The first kappa shape index (κ1) is 22.7. The molecule has 6 nitrogen and oxygen atoms in total. The minimum absolute atomic E-state index is 0.0191. The molecule has 3 aromatic carbocycles. The Labute approximate surface area is 182 Å². The van der Waals surface area contributed by atoms with Crippen LogP contribution in [0.25, 0.3) is 11.1 Å². The van der Waals surface area contributed by atoms with Gasteiger partial charge < -0.3 is 16.2 Å². The van der Waals surface area contributed by atoms with E-state index in [0.717, 1.165) is 16.7 Å². The topological polar surface area (TPSA) is 109 Å². The number of anilines is 1. The van der Waals surface area contributed by atoms with Crippen molar-refractivity contribution in [1.29, 1.82) is 0 Å². The predicted octanol–water partition coefficient (Wildman–Crippen LogP) is 3.02. The lowest BCUT2D eigenvalue weighted by Crippen LogP contribution is -2.51. The van der Waals surface area contributed by atoms with Crippen LogP contribution in [0.3, 0.4) is 0 Å². The molecule has 3 rings (SSSR count). The molecule has 162 valence electrons. The molecule has 0 saturated carbocycles. The molecule has 0 aliphatic rings.